The Morgan fingerprint density at radius 3 is 2.28 bits per heavy atom. The van der Waals surface area contributed by atoms with E-state index in [-0.39, 0.29) is 5.41 Å². The third-order valence-corrected chi connectivity index (χ3v) is 8.92. The Morgan fingerprint density at radius 1 is 1.00 bits per heavy atom. The van der Waals surface area contributed by atoms with Crippen molar-refractivity contribution in [3.8, 4) is 0 Å². The van der Waals surface area contributed by atoms with Crippen LogP contribution in [0, 0.1) is 40.4 Å². The van der Waals surface area contributed by atoms with Crippen LogP contribution < -0.4 is 11.1 Å². The van der Waals surface area contributed by atoms with Crippen molar-refractivity contribution < 1.29 is 9.90 Å². The van der Waals surface area contributed by atoms with Crippen LogP contribution in [0.15, 0.2) is 0 Å². The van der Waals surface area contributed by atoms with Crippen LogP contribution in [0.2, 0.25) is 0 Å². The normalized spacial score (nSPS) is 49.4. The molecule has 0 saturated heterocycles. The van der Waals surface area contributed by atoms with Gasteiger partial charge in [0, 0.05) is 5.41 Å². The van der Waals surface area contributed by atoms with Gasteiger partial charge in [0.15, 0.2) is 0 Å². The highest BCUT2D eigenvalue weighted by atomic mass is 16.3. The van der Waals surface area contributed by atoms with Crippen molar-refractivity contribution in [3.05, 3.63) is 0 Å². The van der Waals surface area contributed by atoms with Gasteiger partial charge in [0.2, 0.25) is 0 Å². The molecule has 0 aromatic rings. The molecule has 2 bridgehead atoms. The Morgan fingerprint density at radius 2 is 1.64 bits per heavy atom. The Kier molecular flexibility index (Phi) is 4.67. The number of hydrogen-bond acceptors (Lipinski definition) is 2. The molecule has 0 aromatic heterocycles. The molecule has 7 atom stereocenters. The number of amides is 2. The highest BCUT2D eigenvalue weighted by molar-refractivity contribution is 5.72. The second kappa shape index (κ2) is 6.14. The van der Waals surface area contributed by atoms with E-state index in [0.29, 0.717) is 35.5 Å². The predicted octanol–water partition coefficient (Wildman–Crippen LogP) is 4.27. The standard InChI is InChI=1S/C21H38N2O2/c1-13-6-7-15-12-17-14(2)8-11-21(25,23-18(22)24)20(17,5)10-9-16(13)19(15,3)4/h13-17,25H,6-12H2,1-5H3,(H3,22,23,24)/t13-,14-,15+,16+,17-,20+,21?/m1/s1. The average Bonchev–Trinajstić information content (AvgIpc) is 2.48. The molecule has 144 valence electrons. The molecule has 3 rings (SSSR count). The van der Waals surface area contributed by atoms with E-state index >= 15 is 0 Å². The van der Waals surface area contributed by atoms with Gasteiger partial charge in [-0.1, -0.05) is 41.0 Å². The summed E-state index contributed by atoms with van der Waals surface area (Å²) >= 11 is 0. The number of rotatable bonds is 1. The fourth-order valence-corrected chi connectivity index (χ4v) is 7.06. The first-order valence-electron chi connectivity index (χ1n) is 10.3. The third-order valence-electron chi connectivity index (χ3n) is 8.92. The van der Waals surface area contributed by atoms with Crippen molar-refractivity contribution in [2.75, 3.05) is 0 Å². The average molecular weight is 351 g/mol. The third kappa shape index (κ3) is 2.89. The molecule has 3 saturated carbocycles. The van der Waals surface area contributed by atoms with Crippen LogP contribution in [0.4, 0.5) is 4.79 Å². The first-order valence-corrected chi connectivity index (χ1v) is 10.3. The monoisotopic (exact) mass is 350 g/mol. The fraction of sp³-hybridized carbons (Fsp3) is 0.952. The van der Waals surface area contributed by atoms with Gasteiger partial charge in [-0.3, -0.25) is 0 Å². The molecule has 1 unspecified atom stereocenters. The van der Waals surface area contributed by atoms with E-state index in [9.17, 15) is 9.90 Å². The van der Waals surface area contributed by atoms with E-state index in [2.05, 4.69) is 39.9 Å². The molecule has 0 aliphatic heterocycles. The summed E-state index contributed by atoms with van der Waals surface area (Å²) in [5, 5.41) is 14.2. The van der Waals surface area contributed by atoms with Crippen LogP contribution >= 0.6 is 0 Å². The van der Waals surface area contributed by atoms with Crippen LogP contribution in [0.25, 0.3) is 0 Å². The highest BCUT2D eigenvalue weighted by Gasteiger charge is 2.59. The molecule has 2 amide bonds. The fourth-order valence-electron chi connectivity index (χ4n) is 7.06. The summed E-state index contributed by atoms with van der Waals surface area (Å²) in [6.07, 6.45) is 7.45. The van der Waals surface area contributed by atoms with E-state index in [4.69, 9.17) is 5.73 Å². The van der Waals surface area contributed by atoms with Gasteiger partial charge in [0.05, 0.1) is 0 Å². The molecule has 0 aromatic carbocycles. The lowest BCUT2D eigenvalue weighted by atomic mass is 9.47. The Bertz CT molecular complexity index is 534. The lowest BCUT2D eigenvalue weighted by molar-refractivity contribution is -0.190. The van der Waals surface area contributed by atoms with Crippen LogP contribution in [0.5, 0.6) is 0 Å². The summed E-state index contributed by atoms with van der Waals surface area (Å²) in [7, 11) is 0. The van der Waals surface area contributed by atoms with Crippen molar-refractivity contribution in [3.63, 3.8) is 0 Å². The first-order chi connectivity index (χ1) is 11.5. The molecule has 25 heavy (non-hydrogen) atoms. The van der Waals surface area contributed by atoms with Gasteiger partial charge in [-0.15, -0.1) is 0 Å². The SMILES string of the molecule is C[C@@H]1CCC(O)(NC(N)=O)[C@@]2(C)CC[C@H]3[C@H](C)CC[C@@H](C[C@H]12)C3(C)C. The first kappa shape index (κ1) is 19.0. The summed E-state index contributed by atoms with van der Waals surface area (Å²) in [5.74, 6) is 3.14. The number of nitrogens with one attached hydrogen (secondary N) is 1. The highest BCUT2D eigenvalue weighted by Crippen LogP contribution is 2.62. The largest absolute Gasteiger partial charge is 0.370 e. The number of carbonyl (C=O) groups is 1. The molecule has 4 nitrogen and oxygen atoms in total. The van der Waals surface area contributed by atoms with E-state index in [1.165, 1.54) is 12.8 Å². The van der Waals surface area contributed by atoms with Crippen LogP contribution in [0.3, 0.4) is 0 Å². The zero-order valence-corrected chi connectivity index (χ0v) is 16.8. The smallest absolute Gasteiger partial charge is 0.314 e. The van der Waals surface area contributed by atoms with Crippen molar-refractivity contribution in [1.82, 2.24) is 5.32 Å². The molecule has 0 radical (unpaired) electrons. The second-order valence-corrected chi connectivity index (χ2v) is 10.3. The molecule has 3 aliphatic rings. The zero-order valence-electron chi connectivity index (χ0n) is 16.8. The Hall–Kier alpha value is -0.770. The lowest BCUT2D eigenvalue weighted by Crippen LogP contribution is -2.66. The number of aliphatic hydroxyl groups is 1. The van der Waals surface area contributed by atoms with Gasteiger partial charge >= 0.3 is 6.03 Å². The summed E-state index contributed by atoms with van der Waals surface area (Å²) in [6, 6.07) is -0.604. The molecular weight excluding hydrogens is 312 g/mol. The van der Waals surface area contributed by atoms with Crippen LogP contribution in [-0.4, -0.2) is 16.9 Å². The van der Waals surface area contributed by atoms with E-state index in [0.717, 1.165) is 31.6 Å². The van der Waals surface area contributed by atoms with Gasteiger partial charge in [0.1, 0.15) is 5.72 Å². The van der Waals surface area contributed by atoms with Gasteiger partial charge < -0.3 is 16.2 Å². The summed E-state index contributed by atoms with van der Waals surface area (Å²) < 4.78 is 0. The molecule has 4 heteroatoms. The number of carbonyl (C=O) groups excluding carboxylic acids is 1. The molecule has 3 fully saturated rings. The summed E-state index contributed by atoms with van der Waals surface area (Å²) in [5.41, 5.74) is 4.33. The Labute approximate surface area is 153 Å². The van der Waals surface area contributed by atoms with Crippen molar-refractivity contribution in [2.45, 2.75) is 85.3 Å². The molecule has 3 aliphatic carbocycles. The molecule has 0 spiro atoms. The zero-order chi connectivity index (χ0) is 18.6. The maximum absolute atomic E-state index is 11.6. The van der Waals surface area contributed by atoms with Gasteiger partial charge in [-0.25, -0.2) is 4.79 Å². The van der Waals surface area contributed by atoms with Crippen molar-refractivity contribution in [1.29, 1.82) is 0 Å². The molecule has 0 heterocycles. The van der Waals surface area contributed by atoms with Gasteiger partial charge in [-0.05, 0) is 73.5 Å². The lowest BCUT2D eigenvalue weighted by Gasteiger charge is -2.61. The summed E-state index contributed by atoms with van der Waals surface area (Å²) in [6.45, 7) is 11.9. The van der Waals surface area contributed by atoms with Crippen LogP contribution in [0.1, 0.15) is 79.6 Å². The minimum atomic E-state index is -1.17. The second-order valence-electron chi connectivity index (χ2n) is 10.3. The van der Waals surface area contributed by atoms with E-state index in [1.807, 2.05) is 0 Å². The van der Waals surface area contributed by atoms with Gasteiger partial charge in [0.25, 0.3) is 0 Å². The maximum Gasteiger partial charge on any atom is 0.314 e. The Balaban J connectivity index is 2.00. The predicted molar refractivity (Wildman–Crippen MR) is 101 cm³/mol. The quantitative estimate of drug-likeness (QED) is 0.618. The van der Waals surface area contributed by atoms with Crippen molar-refractivity contribution >= 4 is 6.03 Å². The number of fused-ring (bicyclic) bond motifs is 3. The summed E-state index contributed by atoms with van der Waals surface area (Å²) in [4.78, 5) is 11.6. The molecule has 4 N–H and O–H groups in total. The van der Waals surface area contributed by atoms with E-state index < -0.39 is 11.8 Å². The number of nitrogens with two attached hydrogens (primary N) is 1. The van der Waals surface area contributed by atoms with E-state index in [1.54, 1.807) is 0 Å². The van der Waals surface area contributed by atoms with Crippen LogP contribution in [-0.2, 0) is 0 Å². The van der Waals surface area contributed by atoms with Gasteiger partial charge in [-0.2, -0.15) is 0 Å². The molecular formula is C21H38N2O2. The van der Waals surface area contributed by atoms with Crippen molar-refractivity contribution in [2.24, 2.45) is 46.2 Å². The number of primary amides is 1. The number of hydrogen-bond donors (Lipinski definition) is 3. The topological polar surface area (TPSA) is 75.3 Å². The maximum atomic E-state index is 11.6. The minimum absolute atomic E-state index is 0.302. The number of urea groups is 1. The minimum Gasteiger partial charge on any atom is -0.370 e.